The molecule has 5 rings (SSSR count). The van der Waals surface area contributed by atoms with Crippen LogP contribution in [0, 0.1) is 46.3 Å². The zero-order valence-electron chi connectivity index (χ0n) is 21.3. The van der Waals surface area contributed by atoms with E-state index in [0.29, 0.717) is 22.8 Å². The highest BCUT2D eigenvalue weighted by atomic mass is 16.5. The minimum atomic E-state index is 0.497. The predicted molar refractivity (Wildman–Crippen MR) is 135 cm³/mol. The van der Waals surface area contributed by atoms with Crippen LogP contribution in [0.15, 0.2) is 24.4 Å². The molecule has 3 N–H and O–H groups in total. The van der Waals surface area contributed by atoms with Gasteiger partial charge in [-0.2, -0.15) is 0 Å². The number of fused-ring (bicyclic) bond motifs is 5. The van der Waals surface area contributed by atoms with Crippen molar-refractivity contribution in [3.8, 4) is 5.88 Å². The summed E-state index contributed by atoms with van der Waals surface area (Å²) in [5.74, 6) is 5.88. The molecule has 0 saturated heterocycles. The second-order valence-corrected chi connectivity index (χ2v) is 12.6. The van der Waals surface area contributed by atoms with Gasteiger partial charge in [0, 0.05) is 31.4 Å². The van der Waals surface area contributed by atoms with Gasteiger partial charge in [-0.15, -0.1) is 0 Å². The van der Waals surface area contributed by atoms with Crippen LogP contribution in [0.3, 0.4) is 0 Å². The molecule has 1 heterocycles. The van der Waals surface area contributed by atoms with Gasteiger partial charge in [-0.05, 0) is 110 Å². The number of pyridine rings is 1. The molecule has 4 saturated carbocycles. The Kier molecular flexibility index (Phi) is 6.79. The van der Waals surface area contributed by atoms with E-state index in [-0.39, 0.29) is 0 Å². The molecular formula is C29H47N3O. The van der Waals surface area contributed by atoms with Gasteiger partial charge in [0.15, 0.2) is 0 Å². The van der Waals surface area contributed by atoms with Gasteiger partial charge >= 0.3 is 0 Å². The fourth-order valence-corrected chi connectivity index (χ4v) is 9.47. The lowest BCUT2D eigenvalue weighted by atomic mass is 9.44. The largest absolute Gasteiger partial charge is 0.477 e. The Morgan fingerprint density at radius 1 is 1.06 bits per heavy atom. The Balaban J connectivity index is 1.25. The normalized spacial score (nSPS) is 43.3. The number of hydrogen-bond donors (Lipinski definition) is 2. The molecule has 4 heteroatoms. The molecular weight excluding hydrogens is 406 g/mol. The topological polar surface area (TPSA) is 60.2 Å². The van der Waals surface area contributed by atoms with Crippen molar-refractivity contribution < 1.29 is 4.74 Å². The average molecular weight is 454 g/mol. The quantitative estimate of drug-likeness (QED) is 0.558. The van der Waals surface area contributed by atoms with E-state index < -0.39 is 0 Å². The van der Waals surface area contributed by atoms with Crippen LogP contribution in [-0.2, 0) is 0 Å². The van der Waals surface area contributed by atoms with Gasteiger partial charge in [0.25, 0.3) is 0 Å². The lowest BCUT2D eigenvalue weighted by molar-refractivity contribution is -0.118. The standard InChI is InChI=1S/C29H47N3O/c1-20(19-33-27-6-4-5-16-32-27)24-9-10-25-23-8-7-21-18-22(31-17-15-30)11-13-28(21,2)26(23)12-14-29(24,25)3/h4-6,16,20-26,31H,7-15,17-19,30H2,1-3H3. The smallest absolute Gasteiger partial charge is 0.213 e. The first-order valence-electron chi connectivity index (χ1n) is 13.9. The molecule has 1 aromatic heterocycles. The van der Waals surface area contributed by atoms with Crippen LogP contribution in [-0.4, -0.2) is 30.7 Å². The van der Waals surface area contributed by atoms with Gasteiger partial charge in [-0.3, -0.25) is 0 Å². The van der Waals surface area contributed by atoms with Crippen molar-refractivity contribution in [2.75, 3.05) is 19.7 Å². The highest BCUT2D eigenvalue weighted by Crippen LogP contribution is 2.68. The second kappa shape index (κ2) is 9.49. The molecule has 1 aromatic rings. The van der Waals surface area contributed by atoms with Gasteiger partial charge in [-0.1, -0.05) is 26.8 Å². The van der Waals surface area contributed by atoms with Crippen LogP contribution in [0.4, 0.5) is 0 Å². The zero-order valence-corrected chi connectivity index (χ0v) is 21.3. The molecule has 0 aliphatic heterocycles. The average Bonchev–Trinajstić information content (AvgIpc) is 3.19. The van der Waals surface area contributed by atoms with Crippen molar-refractivity contribution in [1.29, 1.82) is 0 Å². The summed E-state index contributed by atoms with van der Waals surface area (Å²) < 4.78 is 6.11. The number of hydrogen-bond acceptors (Lipinski definition) is 4. The maximum absolute atomic E-state index is 6.11. The van der Waals surface area contributed by atoms with E-state index in [1.807, 2.05) is 24.4 Å². The highest BCUT2D eigenvalue weighted by Gasteiger charge is 2.60. The minimum Gasteiger partial charge on any atom is -0.477 e. The molecule has 4 aliphatic rings. The number of nitrogens with zero attached hydrogens (tertiary/aromatic N) is 1. The van der Waals surface area contributed by atoms with Crippen molar-refractivity contribution in [3.63, 3.8) is 0 Å². The Morgan fingerprint density at radius 2 is 1.88 bits per heavy atom. The van der Waals surface area contributed by atoms with Crippen LogP contribution < -0.4 is 15.8 Å². The summed E-state index contributed by atoms with van der Waals surface area (Å²) in [6.45, 7) is 10.3. The third-order valence-electron chi connectivity index (χ3n) is 11.1. The van der Waals surface area contributed by atoms with Crippen molar-refractivity contribution in [2.45, 2.75) is 84.6 Å². The van der Waals surface area contributed by atoms with Crippen molar-refractivity contribution in [3.05, 3.63) is 24.4 Å². The molecule has 4 nitrogen and oxygen atoms in total. The zero-order chi connectivity index (χ0) is 23.1. The van der Waals surface area contributed by atoms with Crippen molar-refractivity contribution >= 4 is 0 Å². The summed E-state index contributed by atoms with van der Waals surface area (Å²) in [4.78, 5) is 4.36. The minimum absolute atomic E-state index is 0.497. The number of ether oxygens (including phenoxy) is 1. The Morgan fingerprint density at radius 3 is 2.67 bits per heavy atom. The van der Waals surface area contributed by atoms with Gasteiger partial charge in [0.05, 0.1) is 6.61 Å². The monoisotopic (exact) mass is 453 g/mol. The summed E-state index contributed by atoms with van der Waals surface area (Å²) in [6.07, 6.45) is 14.6. The Hall–Kier alpha value is -1.13. The first-order valence-corrected chi connectivity index (χ1v) is 13.9. The maximum atomic E-state index is 6.11. The first kappa shape index (κ1) is 23.6. The molecule has 0 bridgehead atoms. The van der Waals surface area contributed by atoms with Gasteiger partial charge in [0.1, 0.15) is 0 Å². The van der Waals surface area contributed by atoms with E-state index in [1.54, 1.807) is 0 Å². The van der Waals surface area contributed by atoms with Gasteiger partial charge < -0.3 is 15.8 Å². The molecule has 0 spiro atoms. The van der Waals surface area contributed by atoms with Crippen LogP contribution in [0.2, 0.25) is 0 Å². The fraction of sp³-hybridized carbons (Fsp3) is 0.828. The maximum Gasteiger partial charge on any atom is 0.213 e. The second-order valence-electron chi connectivity index (χ2n) is 12.6. The fourth-order valence-electron chi connectivity index (χ4n) is 9.47. The molecule has 9 atom stereocenters. The van der Waals surface area contributed by atoms with Crippen LogP contribution >= 0.6 is 0 Å². The summed E-state index contributed by atoms with van der Waals surface area (Å²) in [5, 5.41) is 3.74. The number of rotatable bonds is 7. The van der Waals surface area contributed by atoms with E-state index in [1.165, 1.54) is 57.8 Å². The molecule has 4 aliphatic carbocycles. The number of nitrogens with two attached hydrogens (primary N) is 1. The molecule has 0 aromatic carbocycles. The summed E-state index contributed by atoms with van der Waals surface area (Å²) in [7, 11) is 0. The number of nitrogens with one attached hydrogen (secondary N) is 1. The lowest BCUT2D eigenvalue weighted by Crippen LogP contribution is -2.55. The lowest BCUT2D eigenvalue weighted by Gasteiger charge is -2.61. The number of aromatic nitrogens is 1. The van der Waals surface area contributed by atoms with Gasteiger partial charge in [0.2, 0.25) is 5.88 Å². The van der Waals surface area contributed by atoms with E-state index in [2.05, 4.69) is 31.1 Å². The van der Waals surface area contributed by atoms with Crippen LogP contribution in [0.25, 0.3) is 0 Å². The van der Waals surface area contributed by atoms with Gasteiger partial charge in [-0.25, -0.2) is 4.98 Å². The predicted octanol–water partition coefficient (Wildman–Crippen LogP) is 5.67. The third-order valence-corrected chi connectivity index (χ3v) is 11.1. The van der Waals surface area contributed by atoms with E-state index in [0.717, 1.165) is 55.2 Å². The SMILES string of the molecule is CC(COc1ccccn1)C1CCC2C3CCC4CC(NCCN)CCC4(C)C3CCC12C. The van der Waals surface area contributed by atoms with E-state index >= 15 is 0 Å². The first-order chi connectivity index (χ1) is 16.0. The highest BCUT2D eigenvalue weighted by molar-refractivity contribution is 5.11. The Bertz CT molecular complexity index is 786. The molecule has 4 fully saturated rings. The molecule has 33 heavy (non-hydrogen) atoms. The van der Waals surface area contributed by atoms with E-state index in [9.17, 15) is 0 Å². The van der Waals surface area contributed by atoms with Crippen LogP contribution in [0.5, 0.6) is 5.88 Å². The third kappa shape index (κ3) is 4.24. The van der Waals surface area contributed by atoms with Crippen molar-refractivity contribution in [1.82, 2.24) is 10.3 Å². The molecule has 184 valence electrons. The molecule has 9 unspecified atom stereocenters. The Labute approximate surface area is 201 Å². The van der Waals surface area contributed by atoms with E-state index in [4.69, 9.17) is 10.5 Å². The summed E-state index contributed by atoms with van der Waals surface area (Å²) in [5.41, 5.74) is 6.82. The molecule has 0 radical (unpaired) electrons. The summed E-state index contributed by atoms with van der Waals surface area (Å²) in [6, 6.07) is 6.65. The van der Waals surface area contributed by atoms with Crippen molar-refractivity contribution in [2.24, 2.45) is 52.1 Å². The van der Waals surface area contributed by atoms with Crippen LogP contribution in [0.1, 0.15) is 78.6 Å². The molecule has 0 amide bonds. The summed E-state index contributed by atoms with van der Waals surface area (Å²) >= 11 is 0.